The van der Waals surface area contributed by atoms with Crippen LogP contribution in [0.5, 0.6) is 5.75 Å². The molecule has 0 fully saturated rings. The summed E-state index contributed by atoms with van der Waals surface area (Å²) in [4.78, 5) is 4.40. The highest BCUT2D eigenvalue weighted by atomic mass is 32.2. The molecule has 27 heavy (non-hydrogen) atoms. The molecule has 0 aliphatic carbocycles. The maximum Gasteiger partial charge on any atom is 0.277 e. The van der Waals surface area contributed by atoms with Gasteiger partial charge in [-0.2, -0.15) is 4.98 Å². The standard InChI is InChI=1S/C19H16N4O3S/c1-12-5-3-4-6-15(12)18-21-22-19(25-18)27-11-16-20-17(26-23-16)13-7-9-14(24-2)10-8-13/h3-10H,11H2,1-2H3. The molecule has 0 amide bonds. The molecule has 0 saturated heterocycles. The van der Waals surface area contributed by atoms with Crippen LogP contribution in [-0.2, 0) is 5.75 Å². The molecule has 8 heteroatoms. The van der Waals surface area contributed by atoms with Crippen LogP contribution in [0.4, 0.5) is 0 Å². The lowest BCUT2D eigenvalue weighted by atomic mass is 10.1. The highest BCUT2D eigenvalue weighted by Crippen LogP contribution is 2.27. The van der Waals surface area contributed by atoms with Gasteiger partial charge in [-0.3, -0.25) is 0 Å². The molecular formula is C19H16N4O3S. The van der Waals surface area contributed by atoms with Crippen LogP contribution in [0.15, 0.2) is 62.7 Å². The number of aromatic nitrogens is 4. The van der Waals surface area contributed by atoms with E-state index in [1.807, 2.05) is 55.5 Å². The number of benzene rings is 2. The predicted octanol–water partition coefficient (Wildman–Crippen LogP) is 4.40. The van der Waals surface area contributed by atoms with Gasteiger partial charge in [0.25, 0.3) is 11.1 Å². The number of hydrogen-bond acceptors (Lipinski definition) is 8. The molecule has 136 valence electrons. The Hall–Kier alpha value is -3.13. The monoisotopic (exact) mass is 380 g/mol. The van der Waals surface area contributed by atoms with Crippen molar-refractivity contribution in [1.82, 2.24) is 20.3 Å². The average molecular weight is 380 g/mol. The first kappa shape index (κ1) is 17.3. The van der Waals surface area contributed by atoms with E-state index in [-0.39, 0.29) is 0 Å². The maximum absolute atomic E-state index is 5.73. The number of aryl methyl sites for hydroxylation is 1. The van der Waals surface area contributed by atoms with Gasteiger partial charge in [0, 0.05) is 11.1 Å². The van der Waals surface area contributed by atoms with E-state index >= 15 is 0 Å². The summed E-state index contributed by atoms with van der Waals surface area (Å²) in [6, 6.07) is 15.3. The zero-order chi connectivity index (χ0) is 18.6. The second-order valence-corrected chi connectivity index (χ2v) is 6.65. The Balaban J connectivity index is 1.42. The molecule has 0 unspecified atom stereocenters. The number of ether oxygens (including phenoxy) is 1. The van der Waals surface area contributed by atoms with Gasteiger partial charge in [0.15, 0.2) is 5.82 Å². The normalized spacial score (nSPS) is 10.9. The van der Waals surface area contributed by atoms with Crippen LogP contribution in [0.3, 0.4) is 0 Å². The zero-order valence-corrected chi connectivity index (χ0v) is 15.6. The number of hydrogen-bond donors (Lipinski definition) is 0. The van der Waals surface area contributed by atoms with Gasteiger partial charge in [-0.15, -0.1) is 10.2 Å². The minimum Gasteiger partial charge on any atom is -0.497 e. The Morgan fingerprint density at radius 2 is 1.81 bits per heavy atom. The molecule has 0 spiro atoms. The first-order valence-corrected chi connectivity index (χ1v) is 9.21. The molecule has 0 saturated carbocycles. The topological polar surface area (TPSA) is 87.1 Å². The second-order valence-electron chi connectivity index (χ2n) is 5.72. The SMILES string of the molecule is COc1ccc(-c2nc(CSc3nnc(-c4ccccc4C)o3)no2)cc1. The third kappa shape index (κ3) is 3.85. The summed E-state index contributed by atoms with van der Waals surface area (Å²) < 4.78 is 16.2. The summed E-state index contributed by atoms with van der Waals surface area (Å²) in [6.45, 7) is 2.01. The predicted molar refractivity (Wildman–Crippen MR) is 100 cm³/mol. The fourth-order valence-electron chi connectivity index (χ4n) is 2.48. The molecule has 2 aromatic carbocycles. The maximum atomic E-state index is 5.73. The van der Waals surface area contributed by atoms with E-state index < -0.39 is 0 Å². The fourth-order valence-corrected chi connectivity index (χ4v) is 3.09. The van der Waals surface area contributed by atoms with Crippen molar-refractivity contribution in [1.29, 1.82) is 0 Å². The van der Waals surface area contributed by atoms with Gasteiger partial charge < -0.3 is 13.7 Å². The van der Waals surface area contributed by atoms with Gasteiger partial charge in [-0.05, 0) is 42.8 Å². The molecule has 0 aliphatic heterocycles. The summed E-state index contributed by atoms with van der Waals surface area (Å²) in [7, 11) is 1.62. The molecule has 2 aromatic heterocycles. The van der Waals surface area contributed by atoms with Crippen molar-refractivity contribution in [3.8, 4) is 28.7 Å². The first-order valence-electron chi connectivity index (χ1n) is 8.22. The Kier molecular flexibility index (Phi) is 4.88. The van der Waals surface area contributed by atoms with Crippen molar-refractivity contribution in [3.63, 3.8) is 0 Å². The molecule has 0 radical (unpaired) electrons. The average Bonchev–Trinajstić information content (AvgIpc) is 3.36. The first-order chi connectivity index (χ1) is 13.2. The van der Waals surface area contributed by atoms with Crippen LogP contribution >= 0.6 is 11.8 Å². The Morgan fingerprint density at radius 3 is 2.59 bits per heavy atom. The highest BCUT2D eigenvalue weighted by molar-refractivity contribution is 7.98. The molecule has 2 heterocycles. The number of nitrogens with zero attached hydrogens (tertiary/aromatic N) is 4. The molecule has 7 nitrogen and oxygen atoms in total. The van der Waals surface area contributed by atoms with Gasteiger partial charge >= 0.3 is 0 Å². The van der Waals surface area contributed by atoms with Crippen LogP contribution < -0.4 is 4.74 Å². The van der Waals surface area contributed by atoms with Gasteiger partial charge in [-0.1, -0.05) is 35.1 Å². The molecule has 4 rings (SSSR count). The van der Waals surface area contributed by atoms with Crippen molar-refractivity contribution in [2.45, 2.75) is 17.9 Å². The Morgan fingerprint density at radius 1 is 1.00 bits per heavy atom. The molecule has 0 N–H and O–H groups in total. The van der Waals surface area contributed by atoms with Crippen molar-refractivity contribution < 1.29 is 13.7 Å². The summed E-state index contributed by atoms with van der Waals surface area (Å²) in [5.41, 5.74) is 2.84. The quantitative estimate of drug-likeness (QED) is 0.455. The van der Waals surface area contributed by atoms with Crippen LogP contribution in [0.1, 0.15) is 11.4 Å². The molecule has 0 bridgehead atoms. The number of thioether (sulfide) groups is 1. The lowest BCUT2D eigenvalue weighted by molar-refractivity contribution is 0.414. The largest absolute Gasteiger partial charge is 0.497 e. The van der Waals surface area contributed by atoms with Crippen LogP contribution in [0.25, 0.3) is 22.9 Å². The summed E-state index contributed by atoms with van der Waals surface area (Å²) in [5, 5.41) is 12.7. The Bertz CT molecular complexity index is 1040. The third-order valence-corrected chi connectivity index (χ3v) is 4.73. The van der Waals surface area contributed by atoms with E-state index in [0.29, 0.717) is 28.6 Å². The third-order valence-electron chi connectivity index (χ3n) is 3.91. The van der Waals surface area contributed by atoms with E-state index in [1.54, 1.807) is 7.11 Å². The molecular weight excluding hydrogens is 364 g/mol. The fraction of sp³-hybridized carbons (Fsp3) is 0.158. The van der Waals surface area contributed by atoms with Gasteiger partial charge in [0.2, 0.25) is 5.89 Å². The van der Waals surface area contributed by atoms with Crippen molar-refractivity contribution in [2.75, 3.05) is 7.11 Å². The van der Waals surface area contributed by atoms with Crippen LogP contribution in [0.2, 0.25) is 0 Å². The summed E-state index contributed by atoms with van der Waals surface area (Å²) >= 11 is 1.36. The van der Waals surface area contributed by atoms with E-state index in [4.69, 9.17) is 13.7 Å². The minimum atomic E-state index is 0.458. The van der Waals surface area contributed by atoms with E-state index in [0.717, 1.165) is 22.4 Å². The highest BCUT2D eigenvalue weighted by Gasteiger charge is 2.14. The zero-order valence-electron chi connectivity index (χ0n) is 14.7. The molecule has 4 aromatic rings. The van der Waals surface area contributed by atoms with Gasteiger partial charge in [0.05, 0.1) is 12.9 Å². The van der Waals surface area contributed by atoms with Crippen molar-refractivity contribution in [3.05, 3.63) is 59.9 Å². The second kappa shape index (κ2) is 7.63. The van der Waals surface area contributed by atoms with Crippen LogP contribution in [-0.4, -0.2) is 27.4 Å². The van der Waals surface area contributed by atoms with Gasteiger partial charge in [-0.25, -0.2) is 0 Å². The molecule has 0 atom stereocenters. The number of rotatable bonds is 6. The van der Waals surface area contributed by atoms with E-state index in [1.165, 1.54) is 11.8 Å². The van der Waals surface area contributed by atoms with Crippen molar-refractivity contribution in [2.24, 2.45) is 0 Å². The van der Waals surface area contributed by atoms with Crippen LogP contribution in [0, 0.1) is 6.92 Å². The number of methoxy groups -OCH3 is 1. The smallest absolute Gasteiger partial charge is 0.277 e. The van der Waals surface area contributed by atoms with E-state index in [9.17, 15) is 0 Å². The lowest BCUT2D eigenvalue weighted by Gasteiger charge is -1.98. The summed E-state index contributed by atoms with van der Waals surface area (Å²) in [6.07, 6.45) is 0. The van der Waals surface area contributed by atoms with Gasteiger partial charge in [0.1, 0.15) is 5.75 Å². The summed E-state index contributed by atoms with van der Waals surface area (Å²) in [5.74, 6) is 2.76. The minimum absolute atomic E-state index is 0.458. The van der Waals surface area contributed by atoms with E-state index in [2.05, 4.69) is 20.3 Å². The van der Waals surface area contributed by atoms with Crippen molar-refractivity contribution >= 4 is 11.8 Å². The molecule has 0 aliphatic rings. The Labute approximate surface area is 159 Å². The lowest BCUT2D eigenvalue weighted by Crippen LogP contribution is -1.85.